The first-order chi connectivity index (χ1) is 9.10. The highest BCUT2D eigenvalue weighted by molar-refractivity contribution is 6.33. The van der Waals surface area contributed by atoms with Gasteiger partial charge in [0.05, 0.1) is 5.02 Å². The van der Waals surface area contributed by atoms with Crippen LogP contribution >= 0.6 is 11.6 Å². The summed E-state index contributed by atoms with van der Waals surface area (Å²) in [7, 11) is 0. The molecular formula is C13H18ClN3O2. The number of rotatable bonds is 5. The second kappa shape index (κ2) is 6.21. The molecule has 0 radical (unpaired) electrons. The molecule has 5 nitrogen and oxygen atoms in total. The number of aromatic carboxylic acids is 1. The maximum atomic E-state index is 10.9. The van der Waals surface area contributed by atoms with Crippen LogP contribution in [0, 0.1) is 5.92 Å². The standard InChI is InChI=1S/C13H18ClN3O2/c1-2-17-6-5-9(8-17)7-15-11-4-3-10(14)12(16-11)13(18)19/h3-4,9H,2,5-8H2,1H3,(H,15,16)(H,18,19). The number of carboxylic acids is 1. The number of carbonyl (C=O) groups is 1. The zero-order valence-corrected chi connectivity index (χ0v) is 11.7. The van der Waals surface area contributed by atoms with E-state index in [2.05, 4.69) is 22.1 Å². The van der Waals surface area contributed by atoms with E-state index in [4.69, 9.17) is 16.7 Å². The fraction of sp³-hybridized carbons (Fsp3) is 0.538. The lowest BCUT2D eigenvalue weighted by Crippen LogP contribution is -2.22. The van der Waals surface area contributed by atoms with Crippen molar-refractivity contribution in [2.24, 2.45) is 5.92 Å². The van der Waals surface area contributed by atoms with Crippen molar-refractivity contribution >= 4 is 23.4 Å². The molecule has 2 heterocycles. The van der Waals surface area contributed by atoms with Gasteiger partial charge in [0.25, 0.3) is 0 Å². The number of likely N-dealkylation sites (tertiary alicyclic amines) is 1. The van der Waals surface area contributed by atoms with Crippen molar-refractivity contribution in [2.45, 2.75) is 13.3 Å². The first kappa shape index (κ1) is 14.1. The molecule has 1 aromatic rings. The summed E-state index contributed by atoms with van der Waals surface area (Å²) in [5.74, 6) is 0.0501. The smallest absolute Gasteiger partial charge is 0.356 e. The van der Waals surface area contributed by atoms with Gasteiger partial charge in [-0.25, -0.2) is 9.78 Å². The zero-order chi connectivity index (χ0) is 13.8. The largest absolute Gasteiger partial charge is 0.476 e. The van der Waals surface area contributed by atoms with Gasteiger partial charge in [-0.05, 0) is 37.6 Å². The Hall–Kier alpha value is -1.33. The van der Waals surface area contributed by atoms with Crippen LogP contribution in [0.3, 0.4) is 0 Å². The molecule has 2 rings (SSSR count). The van der Waals surface area contributed by atoms with Crippen LogP contribution in [0.4, 0.5) is 5.82 Å². The number of nitrogens with zero attached hydrogens (tertiary/aromatic N) is 2. The number of halogens is 1. The first-order valence-electron chi connectivity index (χ1n) is 6.46. The van der Waals surface area contributed by atoms with Gasteiger partial charge in [-0.15, -0.1) is 0 Å². The van der Waals surface area contributed by atoms with E-state index in [1.165, 1.54) is 6.42 Å². The number of hydrogen-bond acceptors (Lipinski definition) is 4. The van der Waals surface area contributed by atoms with E-state index >= 15 is 0 Å². The number of nitrogens with one attached hydrogen (secondary N) is 1. The molecule has 0 aromatic carbocycles. The van der Waals surface area contributed by atoms with Gasteiger partial charge in [0, 0.05) is 13.1 Å². The van der Waals surface area contributed by atoms with E-state index in [0.29, 0.717) is 11.7 Å². The third-order valence-corrected chi connectivity index (χ3v) is 3.74. The normalized spacial score (nSPS) is 19.6. The topological polar surface area (TPSA) is 65.5 Å². The van der Waals surface area contributed by atoms with Crippen molar-refractivity contribution in [2.75, 3.05) is 31.5 Å². The summed E-state index contributed by atoms with van der Waals surface area (Å²) in [6, 6.07) is 3.27. The first-order valence-corrected chi connectivity index (χ1v) is 6.84. The highest BCUT2D eigenvalue weighted by Crippen LogP contribution is 2.19. The summed E-state index contributed by atoms with van der Waals surface area (Å²) < 4.78 is 0. The molecular weight excluding hydrogens is 266 g/mol. The molecule has 0 amide bonds. The number of anilines is 1. The van der Waals surface area contributed by atoms with E-state index in [9.17, 15) is 4.79 Å². The number of pyridine rings is 1. The van der Waals surface area contributed by atoms with Gasteiger partial charge in [-0.3, -0.25) is 0 Å². The van der Waals surface area contributed by atoms with E-state index in [1.54, 1.807) is 12.1 Å². The molecule has 1 aromatic heterocycles. The van der Waals surface area contributed by atoms with Crippen LogP contribution in [0.25, 0.3) is 0 Å². The molecule has 1 aliphatic heterocycles. The molecule has 0 saturated carbocycles. The fourth-order valence-electron chi connectivity index (χ4n) is 2.31. The van der Waals surface area contributed by atoms with Crippen molar-refractivity contribution in [3.63, 3.8) is 0 Å². The highest BCUT2D eigenvalue weighted by Gasteiger charge is 2.21. The quantitative estimate of drug-likeness (QED) is 0.867. The second-order valence-electron chi connectivity index (χ2n) is 4.76. The molecule has 1 saturated heterocycles. The van der Waals surface area contributed by atoms with Crippen LogP contribution in [0.5, 0.6) is 0 Å². The number of hydrogen-bond donors (Lipinski definition) is 2. The Morgan fingerprint density at radius 1 is 1.63 bits per heavy atom. The van der Waals surface area contributed by atoms with Gasteiger partial charge >= 0.3 is 5.97 Å². The van der Waals surface area contributed by atoms with Crippen molar-refractivity contribution in [1.82, 2.24) is 9.88 Å². The summed E-state index contributed by atoms with van der Waals surface area (Å²) in [4.78, 5) is 17.4. The average Bonchev–Trinajstić information content (AvgIpc) is 2.85. The van der Waals surface area contributed by atoms with Crippen LogP contribution in [0.2, 0.25) is 5.02 Å². The maximum absolute atomic E-state index is 10.9. The average molecular weight is 284 g/mol. The lowest BCUT2D eigenvalue weighted by molar-refractivity contribution is 0.0691. The minimum atomic E-state index is -1.10. The molecule has 6 heteroatoms. The Balaban J connectivity index is 1.93. The minimum Gasteiger partial charge on any atom is -0.476 e. The SMILES string of the molecule is CCN1CCC(CNc2ccc(Cl)c(C(=O)O)n2)C1. The van der Waals surface area contributed by atoms with E-state index < -0.39 is 5.97 Å². The second-order valence-corrected chi connectivity index (χ2v) is 5.17. The van der Waals surface area contributed by atoms with E-state index in [-0.39, 0.29) is 10.7 Å². The molecule has 0 bridgehead atoms. The summed E-state index contributed by atoms with van der Waals surface area (Å²) in [5.41, 5.74) is -0.103. The Bertz CT molecular complexity index is 467. The van der Waals surface area contributed by atoms with Crippen LogP contribution in [-0.4, -0.2) is 47.1 Å². The third-order valence-electron chi connectivity index (χ3n) is 3.44. The summed E-state index contributed by atoms with van der Waals surface area (Å²) in [5, 5.41) is 12.3. The molecule has 104 valence electrons. The van der Waals surface area contributed by atoms with Gasteiger partial charge in [0.15, 0.2) is 5.69 Å². The van der Waals surface area contributed by atoms with Gasteiger partial charge in [0.2, 0.25) is 0 Å². The van der Waals surface area contributed by atoms with Gasteiger partial charge in [0.1, 0.15) is 5.82 Å². The predicted octanol–water partition coefficient (Wildman–Crippen LogP) is 2.19. The molecule has 1 aliphatic rings. The molecule has 0 aliphatic carbocycles. The van der Waals surface area contributed by atoms with Gasteiger partial charge in [-0.1, -0.05) is 18.5 Å². The van der Waals surface area contributed by atoms with Crippen LogP contribution in [0.15, 0.2) is 12.1 Å². The predicted molar refractivity (Wildman–Crippen MR) is 74.9 cm³/mol. The Kier molecular flexibility index (Phi) is 4.61. The van der Waals surface area contributed by atoms with Crippen molar-refractivity contribution < 1.29 is 9.90 Å². The van der Waals surface area contributed by atoms with Gasteiger partial charge in [-0.2, -0.15) is 0 Å². The van der Waals surface area contributed by atoms with Gasteiger partial charge < -0.3 is 15.3 Å². The van der Waals surface area contributed by atoms with E-state index in [1.807, 2.05) is 0 Å². The number of carboxylic acid groups (broad SMARTS) is 1. The molecule has 0 spiro atoms. The minimum absolute atomic E-state index is 0.103. The van der Waals surface area contributed by atoms with E-state index in [0.717, 1.165) is 26.2 Å². The number of aromatic nitrogens is 1. The van der Waals surface area contributed by atoms with Crippen molar-refractivity contribution in [1.29, 1.82) is 0 Å². The van der Waals surface area contributed by atoms with Crippen LogP contribution in [-0.2, 0) is 0 Å². The zero-order valence-electron chi connectivity index (χ0n) is 10.9. The summed E-state index contributed by atoms with van der Waals surface area (Å²) >= 11 is 5.78. The lowest BCUT2D eigenvalue weighted by Gasteiger charge is -2.14. The Morgan fingerprint density at radius 2 is 2.42 bits per heavy atom. The monoisotopic (exact) mass is 283 g/mol. The van der Waals surface area contributed by atoms with Crippen LogP contribution in [0.1, 0.15) is 23.8 Å². The Morgan fingerprint density at radius 3 is 3.05 bits per heavy atom. The third kappa shape index (κ3) is 3.58. The lowest BCUT2D eigenvalue weighted by atomic mass is 10.1. The maximum Gasteiger partial charge on any atom is 0.356 e. The molecule has 1 fully saturated rings. The molecule has 2 N–H and O–H groups in total. The summed E-state index contributed by atoms with van der Waals surface area (Å²) in [6.07, 6.45) is 1.17. The summed E-state index contributed by atoms with van der Waals surface area (Å²) in [6.45, 7) is 6.28. The molecule has 1 unspecified atom stereocenters. The Labute approximate surface area is 117 Å². The van der Waals surface area contributed by atoms with Crippen molar-refractivity contribution in [3.05, 3.63) is 22.8 Å². The van der Waals surface area contributed by atoms with Crippen molar-refractivity contribution in [3.8, 4) is 0 Å². The van der Waals surface area contributed by atoms with Crippen LogP contribution < -0.4 is 5.32 Å². The molecule has 1 atom stereocenters. The fourth-order valence-corrected chi connectivity index (χ4v) is 2.49. The molecule has 19 heavy (non-hydrogen) atoms. The highest BCUT2D eigenvalue weighted by atomic mass is 35.5.